The number of imidazole rings is 1. The smallest absolute Gasteiger partial charge is 0.341 e. The number of carbonyl (C=O) groups is 2. The molecule has 1 heterocycles. The molecule has 0 bridgehead atoms. The first-order chi connectivity index (χ1) is 17.5. The monoisotopic (exact) mass is 530 g/mol. The second-order valence-electron chi connectivity index (χ2n) is 8.19. The Labute approximate surface area is 214 Å². The predicted octanol–water partition coefficient (Wildman–Crippen LogP) is 5.04. The minimum absolute atomic E-state index is 0.0119. The van der Waals surface area contributed by atoms with Gasteiger partial charge in [-0.25, -0.2) is 15.8 Å². The third-order valence-electron chi connectivity index (χ3n) is 5.68. The summed E-state index contributed by atoms with van der Waals surface area (Å²) in [7, 11) is 1.71. The highest BCUT2D eigenvalue weighted by atomic mass is 35.5. The lowest BCUT2D eigenvalue weighted by atomic mass is 10.1. The standard InChI is InChI=1S/C25H22ClF3N6O2/c1-13-18(26)8-5-9-19(13)33-23(36)16-10-14(11-20-22(16)34-21(32-20)12-31-2)35(30)24(37)15-6-3-4-7-17(15)25(27,28)29/h3-11,31H,12,30H2,1-2H3,(H,32,34)(H,33,36). The van der Waals surface area contributed by atoms with Crippen molar-refractivity contribution in [1.29, 1.82) is 0 Å². The fraction of sp³-hybridized carbons (Fsp3) is 0.160. The molecule has 5 N–H and O–H groups in total. The van der Waals surface area contributed by atoms with E-state index in [0.29, 0.717) is 44.7 Å². The number of anilines is 2. The van der Waals surface area contributed by atoms with Crippen molar-refractivity contribution < 1.29 is 22.8 Å². The molecular formula is C25H22ClF3N6O2. The minimum Gasteiger partial charge on any atom is -0.341 e. The SMILES string of the molecule is CNCc1nc2c(C(=O)Nc3cccc(Cl)c3C)cc(N(N)C(=O)c3ccccc3C(F)(F)F)cc2[nH]1. The summed E-state index contributed by atoms with van der Waals surface area (Å²) in [4.78, 5) is 33.9. The van der Waals surface area contributed by atoms with Crippen LogP contribution >= 0.6 is 11.6 Å². The van der Waals surface area contributed by atoms with Gasteiger partial charge in [-0.2, -0.15) is 13.2 Å². The number of H-pyrrole nitrogens is 1. The second-order valence-corrected chi connectivity index (χ2v) is 8.60. The number of fused-ring (bicyclic) bond motifs is 1. The number of nitrogens with two attached hydrogens (primary N) is 1. The van der Waals surface area contributed by atoms with Crippen LogP contribution in [0, 0.1) is 6.92 Å². The first-order valence-corrected chi connectivity index (χ1v) is 11.4. The lowest BCUT2D eigenvalue weighted by molar-refractivity contribution is -0.137. The molecule has 4 aromatic rings. The maximum absolute atomic E-state index is 13.5. The summed E-state index contributed by atoms with van der Waals surface area (Å²) in [5.74, 6) is 4.85. The molecule has 0 unspecified atom stereocenters. The summed E-state index contributed by atoms with van der Waals surface area (Å²) in [6, 6.07) is 12.1. The number of rotatable bonds is 6. The van der Waals surface area contributed by atoms with Crippen LogP contribution in [-0.2, 0) is 12.7 Å². The molecule has 0 fully saturated rings. The Bertz CT molecular complexity index is 1500. The van der Waals surface area contributed by atoms with E-state index < -0.39 is 29.1 Å². The minimum atomic E-state index is -4.76. The van der Waals surface area contributed by atoms with Gasteiger partial charge in [-0.15, -0.1) is 0 Å². The lowest BCUT2D eigenvalue weighted by Crippen LogP contribution is -2.38. The fourth-order valence-electron chi connectivity index (χ4n) is 3.81. The molecule has 0 aliphatic carbocycles. The van der Waals surface area contributed by atoms with Gasteiger partial charge in [0.1, 0.15) is 11.3 Å². The van der Waals surface area contributed by atoms with Gasteiger partial charge in [0.2, 0.25) is 0 Å². The van der Waals surface area contributed by atoms with Crippen molar-refractivity contribution in [1.82, 2.24) is 15.3 Å². The highest BCUT2D eigenvalue weighted by molar-refractivity contribution is 6.31. The maximum atomic E-state index is 13.5. The van der Waals surface area contributed by atoms with Gasteiger partial charge in [-0.3, -0.25) is 9.59 Å². The van der Waals surface area contributed by atoms with E-state index in [1.807, 2.05) is 0 Å². The van der Waals surface area contributed by atoms with Crippen molar-refractivity contribution in [3.05, 3.63) is 87.7 Å². The van der Waals surface area contributed by atoms with Crippen molar-refractivity contribution in [2.75, 3.05) is 17.4 Å². The van der Waals surface area contributed by atoms with E-state index in [1.165, 1.54) is 24.3 Å². The zero-order valence-corrected chi connectivity index (χ0v) is 20.5. The zero-order valence-electron chi connectivity index (χ0n) is 19.7. The van der Waals surface area contributed by atoms with Crippen molar-refractivity contribution in [3.63, 3.8) is 0 Å². The molecule has 37 heavy (non-hydrogen) atoms. The van der Waals surface area contributed by atoms with Gasteiger partial charge in [0.15, 0.2) is 0 Å². The number of amides is 2. The normalized spacial score (nSPS) is 11.5. The molecule has 12 heteroatoms. The van der Waals surface area contributed by atoms with Gasteiger partial charge < -0.3 is 15.6 Å². The van der Waals surface area contributed by atoms with Crippen LogP contribution in [0.5, 0.6) is 0 Å². The number of hydrogen-bond donors (Lipinski definition) is 4. The second kappa shape index (κ2) is 10.2. The molecule has 4 rings (SSSR count). The Morgan fingerprint density at radius 1 is 1.11 bits per heavy atom. The summed E-state index contributed by atoms with van der Waals surface area (Å²) in [6.07, 6.45) is -4.76. The molecule has 0 aliphatic rings. The van der Waals surface area contributed by atoms with Gasteiger partial charge in [-0.1, -0.05) is 29.8 Å². The number of alkyl halides is 3. The van der Waals surface area contributed by atoms with Gasteiger partial charge in [0.25, 0.3) is 11.8 Å². The van der Waals surface area contributed by atoms with E-state index in [9.17, 15) is 22.8 Å². The molecular weight excluding hydrogens is 509 g/mol. The van der Waals surface area contributed by atoms with Crippen molar-refractivity contribution in [2.45, 2.75) is 19.6 Å². The van der Waals surface area contributed by atoms with E-state index in [-0.39, 0.29) is 11.3 Å². The molecule has 2 amide bonds. The van der Waals surface area contributed by atoms with E-state index in [1.54, 1.807) is 32.2 Å². The average molecular weight is 531 g/mol. The average Bonchev–Trinajstić information content (AvgIpc) is 3.27. The lowest BCUT2D eigenvalue weighted by Gasteiger charge is -2.20. The number of hydrazine groups is 1. The molecule has 0 spiro atoms. The molecule has 0 atom stereocenters. The summed E-state index contributed by atoms with van der Waals surface area (Å²) in [6.45, 7) is 2.09. The summed E-state index contributed by atoms with van der Waals surface area (Å²) >= 11 is 6.16. The molecule has 0 saturated carbocycles. The Hall–Kier alpha value is -3.93. The largest absolute Gasteiger partial charge is 0.417 e. The van der Waals surface area contributed by atoms with Crippen molar-refractivity contribution in [2.24, 2.45) is 5.84 Å². The molecule has 0 radical (unpaired) electrons. The number of nitrogens with one attached hydrogen (secondary N) is 3. The molecule has 1 aromatic heterocycles. The maximum Gasteiger partial charge on any atom is 0.417 e. The van der Waals surface area contributed by atoms with Crippen LogP contribution in [0.4, 0.5) is 24.5 Å². The number of benzene rings is 3. The van der Waals surface area contributed by atoms with E-state index in [2.05, 4.69) is 20.6 Å². The van der Waals surface area contributed by atoms with Gasteiger partial charge in [-0.05, 0) is 55.9 Å². The number of nitrogens with zero attached hydrogens (tertiary/aromatic N) is 2. The summed E-state index contributed by atoms with van der Waals surface area (Å²) in [5, 5.41) is 6.74. The van der Waals surface area contributed by atoms with Crippen LogP contribution in [0.25, 0.3) is 11.0 Å². The number of halogens is 4. The predicted molar refractivity (Wildman–Crippen MR) is 135 cm³/mol. The fourth-order valence-corrected chi connectivity index (χ4v) is 3.99. The Balaban J connectivity index is 1.79. The molecule has 0 aliphatic heterocycles. The third kappa shape index (κ3) is 5.29. The molecule has 0 saturated heterocycles. The number of carbonyl (C=O) groups excluding carboxylic acids is 2. The van der Waals surface area contributed by atoms with Crippen LogP contribution in [0.1, 0.15) is 37.7 Å². The van der Waals surface area contributed by atoms with Gasteiger partial charge in [0, 0.05) is 10.7 Å². The Kier molecular flexibility index (Phi) is 7.21. The first kappa shape index (κ1) is 26.1. The van der Waals surface area contributed by atoms with E-state index in [0.717, 1.165) is 12.1 Å². The molecule has 3 aromatic carbocycles. The topological polar surface area (TPSA) is 116 Å². The number of aromatic amines is 1. The highest BCUT2D eigenvalue weighted by Gasteiger charge is 2.36. The van der Waals surface area contributed by atoms with Gasteiger partial charge >= 0.3 is 6.18 Å². The Morgan fingerprint density at radius 2 is 1.84 bits per heavy atom. The summed E-state index contributed by atoms with van der Waals surface area (Å²) in [5.41, 5.74) is 0.0529. The highest BCUT2D eigenvalue weighted by Crippen LogP contribution is 2.33. The van der Waals surface area contributed by atoms with Crippen LogP contribution in [0.3, 0.4) is 0 Å². The quantitative estimate of drug-likeness (QED) is 0.158. The van der Waals surface area contributed by atoms with Crippen molar-refractivity contribution in [3.8, 4) is 0 Å². The van der Waals surface area contributed by atoms with Crippen molar-refractivity contribution >= 4 is 45.8 Å². The number of hydrogen-bond acceptors (Lipinski definition) is 5. The van der Waals surface area contributed by atoms with E-state index in [4.69, 9.17) is 17.4 Å². The number of aromatic nitrogens is 2. The third-order valence-corrected chi connectivity index (χ3v) is 6.09. The summed E-state index contributed by atoms with van der Waals surface area (Å²) < 4.78 is 40.5. The van der Waals surface area contributed by atoms with Crippen LogP contribution in [-0.4, -0.2) is 28.8 Å². The first-order valence-electron chi connectivity index (χ1n) is 11.0. The van der Waals surface area contributed by atoms with Crippen LogP contribution in [0.2, 0.25) is 5.02 Å². The van der Waals surface area contributed by atoms with Gasteiger partial charge in [0.05, 0.1) is 34.4 Å². The van der Waals surface area contributed by atoms with Crippen LogP contribution < -0.4 is 21.5 Å². The zero-order chi connectivity index (χ0) is 26.9. The molecule has 8 nitrogen and oxygen atoms in total. The molecule has 192 valence electrons. The van der Waals surface area contributed by atoms with E-state index >= 15 is 0 Å². The van der Waals surface area contributed by atoms with Crippen LogP contribution in [0.15, 0.2) is 54.6 Å². The Morgan fingerprint density at radius 3 is 2.54 bits per heavy atom.